The highest BCUT2D eigenvalue weighted by atomic mass is 32.2. The lowest BCUT2D eigenvalue weighted by Gasteiger charge is -2.27. The summed E-state index contributed by atoms with van der Waals surface area (Å²) in [4.78, 5) is 14.3. The van der Waals surface area contributed by atoms with Crippen molar-refractivity contribution in [3.8, 4) is 0 Å². The Bertz CT molecular complexity index is 1010. The number of piperidine rings is 1. The van der Waals surface area contributed by atoms with Crippen molar-refractivity contribution in [2.75, 3.05) is 16.2 Å². The van der Waals surface area contributed by atoms with Gasteiger partial charge in [0.25, 0.3) is 10.0 Å². The average Bonchev–Trinajstić information content (AvgIpc) is 2.65. The largest absolute Gasteiger partial charge is 0.312 e. The Kier molecular flexibility index (Phi) is 5.53. The van der Waals surface area contributed by atoms with E-state index in [1.165, 1.54) is 0 Å². The normalized spacial score (nSPS) is 15.0. The van der Waals surface area contributed by atoms with E-state index in [1.54, 1.807) is 23.1 Å². The number of benzene rings is 2. The fraction of sp³-hybridized carbons (Fsp3) is 0.409. The molecule has 1 fully saturated rings. The summed E-state index contributed by atoms with van der Waals surface area (Å²) in [6.07, 6.45) is 2.41. The van der Waals surface area contributed by atoms with Gasteiger partial charge in [0.2, 0.25) is 5.91 Å². The monoisotopic (exact) mass is 400 g/mol. The molecule has 1 aliphatic heterocycles. The number of hydrogen-bond donors (Lipinski definition) is 1. The van der Waals surface area contributed by atoms with Gasteiger partial charge >= 0.3 is 0 Å². The van der Waals surface area contributed by atoms with Crippen LogP contribution in [0, 0.1) is 34.6 Å². The standard InChI is InChI=1S/C22H28N2O3S/c1-14-15(2)17(4)22(18(5)16(14)3)28(26,27)23-19-9-8-10-20(13-19)24-12-7-6-11-21(24)25/h8-10,13,23H,6-7,11-12H2,1-5H3. The third kappa shape index (κ3) is 3.65. The number of hydrogen-bond acceptors (Lipinski definition) is 3. The Labute approximate surface area is 167 Å². The van der Waals surface area contributed by atoms with Crippen LogP contribution in [0.3, 0.4) is 0 Å². The smallest absolute Gasteiger partial charge is 0.262 e. The molecule has 0 aliphatic carbocycles. The predicted molar refractivity (Wildman–Crippen MR) is 114 cm³/mol. The minimum atomic E-state index is -3.75. The molecule has 2 aromatic rings. The van der Waals surface area contributed by atoms with Gasteiger partial charge in [-0.05, 0) is 93.5 Å². The Morgan fingerprint density at radius 1 is 0.893 bits per heavy atom. The van der Waals surface area contributed by atoms with Crippen LogP contribution in [0.2, 0.25) is 0 Å². The van der Waals surface area contributed by atoms with E-state index in [0.717, 1.165) is 46.3 Å². The van der Waals surface area contributed by atoms with Crippen LogP contribution in [-0.2, 0) is 14.8 Å². The molecule has 6 heteroatoms. The molecule has 0 atom stereocenters. The van der Waals surface area contributed by atoms with Crippen LogP contribution in [0.15, 0.2) is 29.2 Å². The Balaban J connectivity index is 1.98. The molecule has 0 bridgehead atoms. The van der Waals surface area contributed by atoms with Gasteiger partial charge in [0.15, 0.2) is 0 Å². The maximum atomic E-state index is 13.2. The molecule has 3 rings (SSSR count). The highest BCUT2D eigenvalue weighted by Gasteiger charge is 2.25. The molecule has 5 nitrogen and oxygen atoms in total. The number of nitrogens with zero attached hydrogens (tertiary/aromatic N) is 1. The lowest BCUT2D eigenvalue weighted by molar-refractivity contribution is -0.119. The molecule has 0 saturated carbocycles. The van der Waals surface area contributed by atoms with Crippen molar-refractivity contribution in [3.63, 3.8) is 0 Å². The number of amides is 1. The van der Waals surface area contributed by atoms with Gasteiger partial charge in [0.05, 0.1) is 10.6 Å². The van der Waals surface area contributed by atoms with Crippen molar-refractivity contribution in [1.29, 1.82) is 0 Å². The molecule has 1 aliphatic rings. The topological polar surface area (TPSA) is 66.5 Å². The van der Waals surface area contributed by atoms with Gasteiger partial charge in [0, 0.05) is 18.7 Å². The summed E-state index contributed by atoms with van der Waals surface area (Å²) in [6, 6.07) is 7.07. The molecule has 150 valence electrons. The molecule has 1 N–H and O–H groups in total. The van der Waals surface area contributed by atoms with Crippen LogP contribution in [-0.4, -0.2) is 20.9 Å². The van der Waals surface area contributed by atoms with Gasteiger partial charge in [-0.25, -0.2) is 8.42 Å². The van der Waals surface area contributed by atoms with E-state index in [4.69, 9.17) is 0 Å². The summed E-state index contributed by atoms with van der Waals surface area (Å²) in [6.45, 7) is 10.3. The quantitative estimate of drug-likeness (QED) is 0.819. The molecule has 0 spiro atoms. The first-order chi connectivity index (χ1) is 13.1. The molecule has 0 radical (unpaired) electrons. The first-order valence-electron chi connectivity index (χ1n) is 9.63. The molecule has 0 unspecified atom stereocenters. The van der Waals surface area contributed by atoms with Crippen molar-refractivity contribution < 1.29 is 13.2 Å². The lowest BCUT2D eigenvalue weighted by atomic mass is 9.95. The second-order valence-electron chi connectivity index (χ2n) is 7.61. The van der Waals surface area contributed by atoms with Crippen molar-refractivity contribution in [3.05, 3.63) is 52.1 Å². The third-order valence-electron chi connectivity index (χ3n) is 5.93. The van der Waals surface area contributed by atoms with Crippen LogP contribution in [0.5, 0.6) is 0 Å². The van der Waals surface area contributed by atoms with E-state index in [9.17, 15) is 13.2 Å². The van der Waals surface area contributed by atoms with E-state index in [2.05, 4.69) is 4.72 Å². The first-order valence-corrected chi connectivity index (χ1v) is 11.1. The third-order valence-corrected chi connectivity index (χ3v) is 7.59. The van der Waals surface area contributed by atoms with Crippen molar-refractivity contribution in [2.24, 2.45) is 0 Å². The summed E-state index contributed by atoms with van der Waals surface area (Å²) in [5.41, 5.74) is 5.86. The molecule has 1 saturated heterocycles. The van der Waals surface area contributed by atoms with Crippen molar-refractivity contribution >= 4 is 27.3 Å². The van der Waals surface area contributed by atoms with Crippen LogP contribution in [0.25, 0.3) is 0 Å². The second-order valence-corrected chi connectivity index (χ2v) is 9.23. The minimum Gasteiger partial charge on any atom is -0.312 e. The van der Waals surface area contributed by atoms with Gasteiger partial charge < -0.3 is 4.90 Å². The second kappa shape index (κ2) is 7.59. The number of anilines is 2. The molecule has 0 aromatic heterocycles. The summed E-state index contributed by atoms with van der Waals surface area (Å²) in [5, 5.41) is 0. The number of carbonyl (C=O) groups is 1. The predicted octanol–water partition coefficient (Wildman–Crippen LogP) is 4.55. The Morgan fingerprint density at radius 3 is 2.11 bits per heavy atom. The SMILES string of the molecule is Cc1c(C)c(C)c(S(=O)(=O)Nc2cccc(N3CCCCC3=O)c2)c(C)c1C. The zero-order valence-corrected chi connectivity index (χ0v) is 18.0. The van der Waals surface area contributed by atoms with Crippen molar-refractivity contribution in [2.45, 2.75) is 58.8 Å². The minimum absolute atomic E-state index is 0.0859. The maximum Gasteiger partial charge on any atom is 0.262 e. The fourth-order valence-electron chi connectivity index (χ4n) is 3.89. The summed E-state index contributed by atoms with van der Waals surface area (Å²) in [7, 11) is -3.75. The lowest BCUT2D eigenvalue weighted by Crippen LogP contribution is -2.35. The van der Waals surface area contributed by atoms with E-state index in [-0.39, 0.29) is 5.91 Å². The Morgan fingerprint density at radius 2 is 1.50 bits per heavy atom. The summed E-state index contributed by atoms with van der Waals surface area (Å²) < 4.78 is 29.2. The molecule has 28 heavy (non-hydrogen) atoms. The van der Waals surface area contributed by atoms with E-state index in [1.807, 2.05) is 40.7 Å². The van der Waals surface area contributed by atoms with Gasteiger partial charge in [-0.2, -0.15) is 0 Å². The summed E-state index contributed by atoms with van der Waals surface area (Å²) in [5.74, 6) is 0.0859. The molecular formula is C22H28N2O3S. The highest BCUT2D eigenvalue weighted by Crippen LogP contribution is 2.31. The van der Waals surface area contributed by atoms with Gasteiger partial charge in [0.1, 0.15) is 0 Å². The van der Waals surface area contributed by atoms with E-state index >= 15 is 0 Å². The maximum absolute atomic E-state index is 13.2. The van der Waals surface area contributed by atoms with Crippen LogP contribution >= 0.6 is 0 Å². The number of nitrogens with one attached hydrogen (secondary N) is 1. The van der Waals surface area contributed by atoms with Crippen LogP contribution in [0.1, 0.15) is 47.1 Å². The molecule has 1 amide bonds. The van der Waals surface area contributed by atoms with Crippen molar-refractivity contribution in [1.82, 2.24) is 0 Å². The van der Waals surface area contributed by atoms with Gasteiger partial charge in [-0.3, -0.25) is 9.52 Å². The van der Waals surface area contributed by atoms with Crippen LogP contribution in [0.4, 0.5) is 11.4 Å². The van der Waals surface area contributed by atoms with Gasteiger partial charge in [-0.15, -0.1) is 0 Å². The number of carbonyl (C=O) groups excluding carboxylic acids is 1. The zero-order chi connectivity index (χ0) is 20.6. The average molecular weight is 401 g/mol. The molecule has 1 heterocycles. The summed E-state index contributed by atoms with van der Waals surface area (Å²) >= 11 is 0. The van der Waals surface area contributed by atoms with Gasteiger partial charge in [-0.1, -0.05) is 6.07 Å². The number of rotatable bonds is 4. The number of sulfonamides is 1. The highest BCUT2D eigenvalue weighted by molar-refractivity contribution is 7.92. The first kappa shape index (κ1) is 20.4. The zero-order valence-electron chi connectivity index (χ0n) is 17.2. The molecule has 2 aromatic carbocycles. The Hall–Kier alpha value is -2.34. The van der Waals surface area contributed by atoms with E-state index < -0.39 is 10.0 Å². The van der Waals surface area contributed by atoms with E-state index in [0.29, 0.717) is 23.5 Å². The fourth-order valence-corrected chi connectivity index (χ4v) is 5.54. The van der Waals surface area contributed by atoms with Crippen LogP contribution < -0.4 is 9.62 Å². The molecular weight excluding hydrogens is 372 g/mol.